The lowest BCUT2D eigenvalue weighted by Gasteiger charge is -2.32. The predicted octanol–water partition coefficient (Wildman–Crippen LogP) is 5.58. The first-order valence-electron chi connectivity index (χ1n) is 12.2. The van der Waals surface area contributed by atoms with E-state index in [1.807, 2.05) is 24.3 Å². The fraction of sp³-hybridized carbons (Fsp3) is 0.357. The molecule has 2 aliphatic rings. The Morgan fingerprint density at radius 2 is 1.66 bits per heavy atom. The first kappa shape index (κ1) is 23.0. The molecule has 0 saturated heterocycles. The molecule has 3 aromatic rings. The molecule has 1 unspecified atom stereocenters. The molecule has 7 nitrogen and oxygen atoms in total. The van der Waals surface area contributed by atoms with Crippen molar-refractivity contribution in [2.45, 2.75) is 57.5 Å². The van der Waals surface area contributed by atoms with Crippen molar-refractivity contribution in [1.29, 1.82) is 0 Å². The number of ether oxygens (including phenoxy) is 2. The molecule has 0 bridgehead atoms. The molecule has 2 aromatic carbocycles. The highest BCUT2D eigenvalue weighted by Gasteiger charge is 2.36. The number of amides is 2. The van der Waals surface area contributed by atoms with Gasteiger partial charge >= 0.3 is 0 Å². The maximum absolute atomic E-state index is 13.8. The summed E-state index contributed by atoms with van der Waals surface area (Å²) in [5.74, 6) is 1.02. The smallest absolute Gasteiger partial charge is 0.294 e. The molecule has 1 aromatic heterocycles. The molecular formula is C28H30N2O5. The number of carbonyl (C=O) groups excluding carboxylic acids is 2. The van der Waals surface area contributed by atoms with Crippen LogP contribution in [-0.2, 0) is 4.79 Å². The van der Waals surface area contributed by atoms with E-state index in [1.165, 1.54) is 11.2 Å². The van der Waals surface area contributed by atoms with E-state index in [2.05, 4.69) is 19.2 Å². The second-order valence-corrected chi connectivity index (χ2v) is 9.40. The van der Waals surface area contributed by atoms with E-state index in [0.29, 0.717) is 23.1 Å². The van der Waals surface area contributed by atoms with Crippen LogP contribution < -0.4 is 19.7 Å². The van der Waals surface area contributed by atoms with Crippen LogP contribution in [0.15, 0.2) is 65.3 Å². The summed E-state index contributed by atoms with van der Waals surface area (Å²) in [5, 5.41) is 3.20. The molecule has 0 radical (unpaired) electrons. The van der Waals surface area contributed by atoms with Crippen LogP contribution in [0.2, 0.25) is 0 Å². The van der Waals surface area contributed by atoms with Crippen LogP contribution in [0, 0.1) is 0 Å². The topological polar surface area (TPSA) is 81.0 Å². The molecule has 182 valence electrons. The molecule has 5 rings (SSSR count). The zero-order valence-electron chi connectivity index (χ0n) is 20.0. The number of rotatable bonds is 7. The van der Waals surface area contributed by atoms with Crippen molar-refractivity contribution < 1.29 is 23.5 Å². The van der Waals surface area contributed by atoms with Crippen molar-refractivity contribution >= 4 is 17.5 Å². The fourth-order valence-corrected chi connectivity index (χ4v) is 4.77. The number of anilines is 1. The highest BCUT2D eigenvalue weighted by molar-refractivity contribution is 6.08. The van der Waals surface area contributed by atoms with Gasteiger partial charge in [-0.15, -0.1) is 0 Å². The van der Waals surface area contributed by atoms with Crippen LogP contribution in [-0.4, -0.2) is 24.6 Å². The summed E-state index contributed by atoms with van der Waals surface area (Å²) < 4.78 is 16.5. The minimum Gasteiger partial charge on any atom is -0.459 e. The minimum atomic E-state index is -0.894. The Morgan fingerprint density at radius 1 is 0.943 bits per heavy atom. The summed E-state index contributed by atoms with van der Waals surface area (Å²) in [4.78, 5) is 29.2. The number of carbonyl (C=O) groups is 2. The van der Waals surface area contributed by atoms with Gasteiger partial charge in [0.15, 0.2) is 17.3 Å². The van der Waals surface area contributed by atoms with Crippen molar-refractivity contribution in [2.24, 2.45) is 0 Å². The van der Waals surface area contributed by atoms with Crippen molar-refractivity contribution in [1.82, 2.24) is 5.32 Å². The third-order valence-corrected chi connectivity index (χ3v) is 6.71. The Morgan fingerprint density at radius 3 is 2.34 bits per heavy atom. The Labute approximate surface area is 205 Å². The first-order valence-corrected chi connectivity index (χ1v) is 12.2. The lowest BCUT2D eigenvalue weighted by molar-refractivity contribution is -0.123. The summed E-state index contributed by atoms with van der Waals surface area (Å²) in [6.07, 6.45) is 5.53. The highest BCUT2D eigenvalue weighted by atomic mass is 16.7. The van der Waals surface area contributed by atoms with Gasteiger partial charge in [0.05, 0.1) is 6.26 Å². The van der Waals surface area contributed by atoms with Gasteiger partial charge in [0.1, 0.15) is 6.04 Å². The van der Waals surface area contributed by atoms with Gasteiger partial charge in [-0.3, -0.25) is 14.5 Å². The van der Waals surface area contributed by atoms with E-state index in [9.17, 15) is 9.59 Å². The van der Waals surface area contributed by atoms with E-state index in [4.69, 9.17) is 13.9 Å². The van der Waals surface area contributed by atoms with E-state index in [-0.39, 0.29) is 24.5 Å². The van der Waals surface area contributed by atoms with E-state index in [1.54, 1.807) is 30.3 Å². The number of hydrogen-bond acceptors (Lipinski definition) is 5. The SMILES string of the molecule is CC(C)c1ccc(C(C(=O)NC2CCCC2)N(C(=O)c2ccco2)c2ccc3c(c2)OCO3)cc1. The van der Waals surface area contributed by atoms with Gasteiger partial charge in [-0.1, -0.05) is 51.0 Å². The lowest BCUT2D eigenvalue weighted by Crippen LogP contribution is -2.46. The summed E-state index contributed by atoms with van der Waals surface area (Å²) in [6.45, 7) is 4.37. The monoisotopic (exact) mass is 474 g/mol. The third kappa shape index (κ3) is 4.76. The molecule has 1 atom stereocenters. The molecule has 2 heterocycles. The maximum atomic E-state index is 13.8. The van der Waals surface area contributed by atoms with Crippen molar-refractivity contribution in [3.05, 3.63) is 77.7 Å². The second kappa shape index (κ2) is 9.86. The molecule has 35 heavy (non-hydrogen) atoms. The van der Waals surface area contributed by atoms with Crippen LogP contribution >= 0.6 is 0 Å². The Balaban J connectivity index is 1.60. The number of benzene rings is 2. The number of fused-ring (bicyclic) bond motifs is 1. The highest BCUT2D eigenvalue weighted by Crippen LogP contribution is 2.39. The summed E-state index contributed by atoms with van der Waals surface area (Å²) in [7, 11) is 0. The molecule has 0 spiro atoms. The third-order valence-electron chi connectivity index (χ3n) is 6.71. The standard InChI is InChI=1S/C28H30N2O5/c1-18(2)19-9-11-20(12-10-19)26(27(31)29-21-6-3-4-7-21)30(28(32)24-8-5-15-33-24)22-13-14-23-25(16-22)35-17-34-23/h5,8-16,18,21,26H,3-4,6-7,17H2,1-2H3,(H,29,31). The minimum absolute atomic E-state index is 0.109. The number of hydrogen-bond donors (Lipinski definition) is 1. The number of furan rings is 1. The second-order valence-electron chi connectivity index (χ2n) is 9.40. The lowest BCUT2D eigenvalue weighted by atomic mass is 9.97. The Hall–Kier alpha value is -3.74. The van der Waals surface area contributed by atoms with E-state index >= 15 is 0 Å². The average molecular weight is 475 g/mol. The van der Waals surface area contributed by atoms with Gasteiger partial charge in [0.25, 0.3) is 5.91 Å². The molecule has 1 aliphatic carbocycles. The zero-order chi connectivity index (χ0) is 24.4. The molecular weight excluding hydrogens is 444 g/mol. The van der Waals surface area contributed by atoms with Crippen LogP contribution in [0.5, 0.6) is 11.5 Å². The Kier molecular flexibility index (Phi) is 6.49. The molecule has 1 aliphatic heterocycles. The van der Waals surface area contributed by atoms with Crippen LogP contribution in [0.1, 0.15) is 73.2 Å². The van der Waals surface area contributed by atoms with Crippen molar-refractivity contribution in [3.63, 3.8) is 0 Å². The maximum Gasteiger partial charge on any atom is 0.294 e. The van der Waals surface area contributed by atoms with Crippen molar-refractivity contribution in [3.8, 4) is 11.5 Å². The fourth-order valence-electron chi connectivity index (χ4n) is 4.77. The van der Waals surface area contributed by atoms with Crippen molar-refractivity contribution in [2.75, 3.05) is 11.7 Å². The van der Waals surface area contributed by atoms with E-state index < -0.39 is 11.9 Å². The molecule has 1 fully saturated rings. The summed E-state index contributed by atoms with van der Waals surface area (Å²) in [6, 6.07) is 15.7. The molecule has 7 heteroatoms. The number of nitrogens with one attached hydrogen (secondary N) is 1. The zero-order valence-corrected chi connectivity index (χ0v) is 20.0. The molecule has 1 N–H and O–H groups in total. The van der Waals surface area contributed by atoms with Gasteiger partial charge in [-0.05, 0) is 54.2 Å². The van der Waals surface area contributed by atoms with Gasteiger partial charge < -0.3 is 19.2 Å². The van der Waals surface area contributed by atoms with Gasteiger partial charge in [-0.2, -0.15) is 0 Å². The predicted molar refractivity (Wildman–Crippen MR) is 132 cm³/mol. The molecule has 1 saturated carbocycles. The quantitative estimate of drug-likeness (QED) is 0.484. The normalized spacial score (nSPS) is 15.9. The van der Waals surface area contributed by atoms with E-state index in [0.717, 1.165) is 36.8 Å². The van der Waals surface area contributed by atoms with Gasteiger partial charge in [-0.25, -0.2) is 0 Å². The first-order chi connectivity index (χ1) is 17.0. The number of nitrogens with zero attached hydrogens (tertiary/aromatic N) is 1. The Bertz CT molecular complexity index is 1180. The van der Waals surface area contributed by atoms with Crippen LogP contribution in [0.4, 0.5) is 5.69 Å². The van der Waals surface area contributed by atoms with Crippen LogP contribution in [0.25, 0.3) is 0 Å². The van der Waals surface area contributed by atoms with Crippen LogP contribution in [0.3, 0.4) is 0 Å². The molecule has 2 amide bonds. The van der Waals surface area contributed by atoms with Gasteiger partial charge in [0.2, 0.25) is 12.7 Å². The summed E-state index contributed by atoms with van der Waals surface area (Å²) >= 11 is 0. The van der Waals surface area contributed by atoms with Gasteiger partial charge in [0, 0.05) is 17.8 Å². The largest absolute Gasteiger partial charge is 0.459 e. The summed E-state index contributed by atoms with van der Waals surface area (Å²) in [5.41, 5.74) is 2.41. The average Bonchev–Trinajstić information content (AvgIpc) is 3.64.